The number of fused-ring (bicyclic) bond motifs is 1. The second-order valence-corrected chi connectivity index (χ2v) is 6.44. The number of pyridine rings is 1. The second-order valence-electron chi connectivity index (χ2n) is 6.44. The largest absolute Gasteiger partial charge is 0.461 e. The minimum Gasteiger partial charge on any atom is -0.461 e. The van der Waals surface area contributed by atoms with Gasteiger partial charge in [0, 0.05) is 18.8 Å². The van der Waals surface area contributed by atoms with E-state index in [1.807, 2.05) is 30.5 Å². The Morgan fingerprint density at radius 1 is 1.22 bits per heavy atom. The number of furan rings is 1. The van der Waals surface area contributed by atoms with Crippen LogP contribution in [-0.2, 0) is 0 Å². The topological polar surface area (TPSA) is 47.1 Å². The molecule has 1 saturated heterocycles. The molecule has 1 atom stereocenters. The van der Waals surface area contributed by atoms with Crippen molar-refractivity contribution in [1.82, 2.24) is 19.4 Å². The molecule has 0 saturated carbocycles. The molecule has 23 heavy (non-hydrogen) atoms. The van der Waals surface area contributed by atoms with Crippen LogP contribution in [0.15, 0.2) is 41.1 Å². The standard InChI is InChI=1S/C18H22N4O/c1-13(2)21-11-4-3-9-16(21)22-17-14(7-5-10-19-17)20-18(22)15-8-6-12-23-15/h5-8,10,12-13,16H,3-4,9,11H2,1-2H3. The van der Waals surface area contributed by atoms with Crippen LogP contribution in [-0.4, -0.2) is 32.0 Å². The normalized spacial score (nSPS) is 19.7. The minimum atomic E-state index is 0.281. The van der Waals surface area contributed by atoms with E-state index in [1.165, 1.54) is 12.8 Å². The fourth-order valence-corrected chi connectivity index (χ4v) is 3.61. The Kier molecular flexibility index (Phi) is 3.65. The van der Waals surface area contributed by atoms with Gasteiger partial charge in [-0.2, -0.15) is 0 Å². The van der Waals surface area contributed by atoms with Gasteiger partial charge in [-0.1, -0.05) is 0 Å². The van der Waals surface area contributed by atoms with E-state index in [9.17, 15) is 0 Å². The first-order valence-electron chi connectivity index (χ1n) is 8.38. The number of piperidine rings is 1. The number of likely N-dealkylation sites (tertiary alicyclic amines) is 1. The average Bonchev–Trinajstić information content (AvgIpc) is 3.22. The number of hydrogen-bond acceptors (Lipinski definition) is 4. The summed E-state index contributed by atoms with van der Waals surface area (Å²) in [4.78, 5) is 12.0. The average molecular weight is 310 g/mol. The summed E-state index contributed by atoms with van der Waals surface area (Å²) in [5.74, 6) is 1.68. The van der Waals surface area contributed by atoms with Crippen LogP contribution in [0.25, 0.3) is 22.7 Å². The van der Waals surface area contributed by atoms with Crippen LogP contribution in [0.4, 0.5) is 0 Å². The zero-order valence-corrected chi connectivity index (χ0v) is 13.6. The maximum Gasteiger partial charge on any atom is 0.179 e. The molecule has 0 aromatic carbocycles. The van der Waals surface area contributed by atoms with E-state index in [2.05, 4.69) is 28.3 Å². The molecule has 3 aromatic rings. The van der Waals surface area contributed by atoms with Crippen molar-refractivity contribution in [3.05, 3.63) is 36.7 Å². The Bertz CT molecular complexity index is 791. The van der Waals surface area contributed by atoms with Crippen LogP contribution in [0.5, 0.6) is 0 Å². The van der Waals surface area contributed by atoms with Gasteiger partial charge in [0.1, 0.15) is 5.52 Å². The summed E-state index contributed by atoms with van der Waals surface area (Å²) < 4.78 is 7.92. The van der Waals surface area contributed by atoms with Gasteiger partial charge in [0.25, 0.3) is 0 Å². The van der Waals surface area contributed by atoms with E-state index in [0.29, 0.717) is 6.04 Å². The van der Waals surface area contributed by atoms with Crippen LogP contribution in [0.3, 0.4) is 0 Å². The maximum absolute atomic E-state index is 5.65. The molecule has 120 valence electrons. The summed E-state index contributed by atoms with van der Waals surface area (Å²) in [6.45, 7) is 5.64. The Labute approximate surface area is 135 Å². The van der Waals surface area contributed by atoms with Crippen LogP contribution < -0.4 is 0 Å². The van der Waals surface area contributed by atoms with Gasteiger partial charge in [-0.25, -0.2) is 9.97 Å². The molecular weight excluding hydrogens is 288 g/mol. The molecule has 3 aromatic heterocycles. The van der Waals surface area contributed by atoms with Gasteiger partial charge in [0.05, 0.1) is 12.4 Å². The summed E-state index contributed by atoms with van der Waals surface area (Å²) in [6, 6.07) is 8.33. The summed E-state index contributed by atoms with van der Waals surface area (Å²) in [5, 5.41) is 0. The van der Waals surface area contributed by atoms with Gasteiger partial charge in [-0.05, 0) is 57.4 Å². The highest BCUT2D eigenvalue weighted by molar-refractivity contribution is 5.76. The lowest BCUT2D eigenvalue weighted by Crippen LogP contribution is -2.41. The van der Waals surface area contributed by atoms with Crippen LogP contribution in [0.2, 0.25) is 0 Å². The van der Waals surface area contributed by atoms with Crippen molar-refractivity contribution in [3.8, 4) is 11.6 Å². The van der Waals surface area contributed by atoms with Gasteiger partial charge < -0.3 is 4.42 Å². The molecule has 0 bridgehead atoms. The fourth-order valence-electron chi connectivity index (χ4n) is 3.61. The molecule has 4 rings (SSSR count). The number of aromatic nitrogens is 3. The van der Waals surface area contributed by atoms with Gasteiger partial charge in [-0.3, -0.25) is 9.47 Å². The summed E-state index contributed by atoms with van der Waals surface area (Å²) in [5.41, 5.74) is 1.87. The molecule has 5 nitrogen and oxygen atoms in total. The summed E-state index contributed by atoms with van der Waals surface area (Å²) in [6.07, 6.45) is 7.43. The number of imidazole rings is 1. The highest BCUT2D eigenvalue weighted by Gasteiger charge is 2.30. The van der Waals surface area contributed by atoms with Crippen molar-refractivity contribution >= 4 is 11.2 Å². The molecule has 4 heterocycles. The third-order valence-electron chi connectivity index (χ3n) is 4.66. The van der Waals surface area contributed by atoms with Crippen molar-refractivity contribution in [2.45, 2.75) is 45.3 Å². The Hall–Kier alpha value is -2.14. The zero-order chi connectivity index (χ0) is 15.8. The fraction of sp³-hybridized carbons (Fsp3) is 0.444. The molecular formula is C18H22N4O. The molecule has 1 aliphatic heterocycles. The molecule has 1 fully saturated rings. The smallest absolute Gasteiger partial charge is 0.179 e. The van der Waals surface area contributed by atoms with Crippen molar-refractivity contribution in [3.63, 3.8) is 0 Å². The Balaban J connectivity index is 1.92. The first kappa shape index (κ1) is 14.5. The van der Waals surface area contributed by atoms with E-state index < -0.39 is 0 Å². The van der Waals surface area contributed by atoms with Gasteiger partial charge in [0.2, 0.25) is 0 Å². The van der Waals surface area contributed by atoms with E-state index in [-0.39, 0.29) is 6.17 Å². The van der Waals surface area contributed by atoms with Crippen LogP contribution in [0, 0.1) is 0 Å². The number of nitrogens with zero attached hydrogens (tertiary/aromatic N) is 4. The highest BCUT2D eigenvalue weighted by Crippen LogP contribution is 2.35. The third kappa shape index (κ3) is 2.45. The van der Waals surface area contributed by atoms with E-state index in [0.717, 1.165) is 35.7 Å². The van der Waals surface area contributed by atoms with Crippen LogP contribution >= 0.6 is 0 Å². The van der Waals surface area contributed by atoms with E-state index in [4.69, 9.17) is 9.40 Å². The van der Waals surface area contributed by atoms with Crippen molar-refractivity contribution < 1.29 is 4.42 Å². The van der Waals surface area contributed by atoms with Crippen molar-refractivity contribution in [2.75, 3.05) is 6.54 Å². The lowest BCUT2D eigenvalue weighted by molar-refractivity contribution is 0.0675. The maximum atomic E-state index is 5.65. The van der Waals surface area contributed by atoms with Crippen molar-refractivity contribution in [2.24, 2.45) is 0 Å². The molecule has 0 N–H and O–H groups in total. The summed E-state index contributed by atoms with van der Waals surface area (Å²) in [7, 11) is 0. The molecule has 1 unspecified atom stereocenters. The number of hydrogen-bond donors (Lipinski definition) is 0. The Morgan fingerprint density at radius 3 is 2.91 bits per heavy atom. The predicted octanol–water partition coefficient (Wildman–Crippen LogP) is 4.08. The molecule has 0 amide bonds. The molecule has 0 aliphatic carbocycles. The van der Waals surface area contributed by atoms with Gasteiger partial charge >= 0.3 is 0 Å². The van der Waals surface area contributed by atoms with Gasteiger partial charge in [0.15, 0.2) is 17.2 Å². The summed E-state index contributed by atoms with van der Waals surface area (Å²) >= 11 is 0. The molecule has 1 aliphatic rings. The highest BCUT2D eigenvalue weighted by atomic mass is 16.3. The van der Waals surface area contributed by atoms with Gasteiger partial charge in [-0.15, -0.1) is 0 Å². The molecule has 5 heteroatoms. The quantitative estimate of drug-likeness (QED) is 0.731. The first-order chi connectivity index (χ1) is 11.3. The van der Waals surface area contributed by atoms with E-state index >= 15 is 0 Å². The zero-order valence-electron chi connectivity index (χ0n) is 13.6. The Morgan fingerprint density at radius 2 is 2.13 bits per heavy atom. The third-order valence-corrected chi connectivity index (χ3v) is 4.66. The molecule has 0 radical (unpaired) electrons. The predicted molar refractivity (Wildman–Crippen MR) is 90.0 cm³/mol. The second kappa shape index (κ2) is 5.81. The van der Waals surface area contributed by atoms with E-state index in [1.54, 1.807) is 6.26 Å². The first-order valence-corrected chi connectivity index (χ1v) is 8.38. The lowest BCUT2D eigenvalue weighted by atomic mass is 10.1. The van der Waals surface area contributed by atoms with Crippen molar-refractivity contribution in [1.29, 1.82) is 0 Å². The monoisotopic (exact) mass is 310 g/mol. The number of rotatable bonds is 3. The SMILES string of the molecule is CC(C)N1CCCCC1n1c(-c2ccco2)nc2cccnc21. The minimum absolute atomic E-state index is 0.281. The molecule has 0 spiro atoms. The lowest BCUT2D eigenvalue weighted by Gasteiger charge is -2.39. The van der Waals surface area contributed by atoms with Crippen LogP contribution in [0.1, 0.15) is 39.3 Å².